The Kier molecular flexibility index (Phi) is 8.68. The number of methoxy groups -OCH3 is 1. The third-order valence-corrected chi connectivity index (χ3v) is 11.0. The molecule has 2 aromatic rings. The maximum Gasteiger partial charge on any atom is 0.435 e. The Morgan fingerprint density at radius 2 is 1.44 bits per heavy atom. The van der Waals surface area contributed by atoms with Crippen LogP contribution in [0.3, 0.4) is 0 Å². The quantitative estimate of drug-likeness (QED) is 0.280. The van der Waals surface area contributed by atoms with Crippen LogP contribution in [0.2, 0.25) is 0 Å². The summed E-state index contributed by atoms with van der Waals surface area (Å²) in [6, 6.07) is 7.92. The first-order chi connectivity index (χ1) is 19.9. The Balaban J connectivity index is 1.73. The third-order valence-electron chi connectivity index (χ3n) is 8.56. The van der Waals surface area contributed by atoms with E-state index in [1.54, 1.807) is 13.0 Å². The fourth-order valence-electron chi connectivity index (χ4n) is 6.08. The first kappa shape index (κ1) is 32.7. The second kappa shape index (κ2) is 11.4. The monoisotopic (exact) mass is 637 g/mol. The van der Waals surface area contributed by atoms with Gasteiger partial charge in [-0.2, -0.15) is 26.3 Å². The molecule has 43 heavy (non-hydrogen) atoms. The molecule has 0 radical (unpaired) electrons. The van der Waals surface area contributed by atoms with Gasteiger partial charge in [-0.05, 0) is 62.3 Å². The molecular formula is C29H30F7NO5S. The van der Waals surface area contributed by atoms with E-state index in [1.807, 2.05) is 0 Å². The van der Waals surface area contributed by atoms with E-state index in [0.717, 1.165) is 12.1 Å². The number of hydrogen-bond acceptors (Lipinski definition) is 5. The minimum absolute atomic E-state index is 0.0548. The van der Waals surface area contributed by atoms with Gasteiger partial charge >= 0.3 is 24.0 Å². The van der Waals surface area contributed by atoms with Crippen molar-refractivity contribution in [3.63, 3.8) is 0 Å². The number of ether oxygens (including phenoxy) is 1. The SMILES string of the molecule is COC(=O)[C@H]1CC[C@H](C(=O)N2CCC(c3ccc(C(F)(C(F)(F)F)C(F)(F)F)cc3)(S(=O)(=O)c3cccc(C)c3)C2)CC1. The molecule has 1 aliphatic carbocycles. The molecule has 1 saturated carbocycles. The molecule has 0 spiro atoms. The molecule has 1 amide bonds. The molecule has 1 atom stereocenters. The number of halogens is 7. The maximum absolute atomic E-state index is 14.7. The fraction of sp³-hybridized carbons (Fsp3) is 0.517. The number of alkyl halides is 7. The number of sulfone groups is 1. The molecule has 1 heterocycles. The Bertz CT molecular complexity index is 1450. The number of likely N-dealkylation sites (tertiary alicyclic amines) is 1. The van der Waals surface area contributed by atoms with Gasteiger partial charge in [-0.3, -0.25) is 9.59 Å². The number of rotatable bonds is 6. The van der Waals surface area contributed by atoms with Gasteiger partial charge in [0.05, 0.1) is 17.9 Å². The van der Waals surface area contributed by atoms with E-state index in [1.165, 1.54) is 30.2 Å². The number of carbonyl (C=O) groups is 2. The number of hydrogen-bond donors (Lipinski definition) is 0. The normalized spacial score (nSPS) is 23.7. The summed E-state index contributed by atoms with van der Waals surface area (Å²) >= 11 is 0. The van der Waals surface area contributed by atoms with E-state index >= 15 is 0 Å². The molecule has 2 aromatic carbocycles. The van der Waals surface area contributed by atoms with Crippen molar-refractivity contribution in [2.75, 3.05) is 20.2 Å². The molecule has 1 aliphatic heterocycles. The van der Waals surface area contributed by atoms with Crippen molar-refractivity contribution >= 4 is 21.7 Å². The van der Waals surface area contributed by atoms with Crippen molar-refractivity contribution in [3.8, 4) is 0 Å². The smallest absolute Gasteiger partial charge is 0.435 e. The van der Waals surface area contributed by atoms with E-state index in [4.69, 9.17) is 4.74 Å². The summed E-state index contributed by atoms with van der Waals surface area (Å²) in [6.45, 7) is 1.17. The van der Waals surface area contributed by atoms with Crippen molar-refractivity contribution in [1.29, 1.82) is 0 Å². The summed E-state index contributed by atoms with van der Waals surface area (Å²) in [6.07, 6.45) is -11.4. The Labute approximate surface area is 244 Å². The van der Waals surface area contributed by atoms with E-state index in [0.29, 0.717) is 43.4 Å². The van der Waals surface area contributed by atoms with Gasteiger partial charge in [0.25, 0.3) is 0 Å². The molecular weight excluding hydrogens is 607 g/mol. The van der Waals surface area contributed by atoms with E-state index in [-0.39, 0.29) is 41.2 Å². The minimum Gasteiger partial charge on any atom is -0.469 e. The molecule has 1 saturated heterocycles. The highest BCUT2D eigenvalue weighted by Crippen LogP contribution is 2.54. The van der Waals surface area contributed by atoms with Gasteiger partial charge in [-0.25, -0.2) is 12.8 Å². The van der Waals surface area contributed by atoms with E-state index in [2.05, 4.69) is 0 Å². The lowest BCUT2D eigenvalue weighted by molar-refractivity contribution is -0.348. The summed E-state index contributed by atoms with van der Waals surface area (Å²) < 4.78 is 126. The molecule has 2 aliphatic rings. The van der Waals surface area contributed by atoms with Crippen LogP contribution < -0.4 is 0 Å². The lowest BCUT2D eigenvalue weighted by atomic mass is 9.81. The summed E-state index contributed by atoms with van der Waals surface area (Å²) in [5.41, 5.74) is -7.01. The van der Waals surface area contributed by atoms with Crippen LogP contribution in [0, 0.1) is 18.8 Å². The van der Waals surface area contributed by atoms with Crippen LogP contribution in [0.4, 0.5) is 30.7 Å². The van der Waals surface area contributed by atoms with E-state index < -0.39 is 50.6 Å². The number of carbonyl (C=O) groups excluding carboxylic acids is 2. The lowest BCUT2D eigenvalue weighted by Gasteiger charge is -2.33. The largest absolute Gasteiger partial charge is 0.469 e. The molecule has 4 rings (SSSR count). The van der Waals surface area contributed by atoms with Crippen molar-refractivity contribution in [2.45, 2.75) is 66.7 Å². The van der Waals surface area contributed by atoms with Crippen molar-refractivity contribution in [1.82, 2.24) is 4.90 Å². The van der Waals surface area contributed by atoms with Gasteiger partial charge in [0.15, 0.2) is 9.84 Å². The molecule has 2 fully saturated rings. The number of nitrogens with zero attached hydrogens (tertiary/aromatic N) is 1. The summed E-state index contributed by atoms with van der Waals surface area (Å²) in [5, 5.41) is 0. The molecule has 6 nitrogen and oxygen atoms in total. The molecule has 0 N–H and O–H groups in total. The highest BCUT2D eigenvalue weighted by Gasteiger charge is 2.73. The van der Waals surface area contributed by atoms with Crippen molar-refractivity contribution in [3.05, 3.63) is 65.2 Å². The van der Waals surface area contributed by atoms with Crippen LogP contribution in [0.25, 0.3) is 0 Å². The predicted octanol–water partition coefficient (Wildman–Crippen LogP) is 6.17. The average Bonchev–Trinajstić information content (AvgIpc) is 3.42. The second-order valence-corrected chi connectivity index (χ2v) is 13.4. The summed E-state index contributed by atoms with van der Waals surface area (Å²) in [7, 11) is -3.13. The standard InChI is InChI=1S/C29H30F7NO5S/c1-18-4-3-5-23(16-18)43(40,41)26(21-10-12-22(13-11-21)27(30,28(31,32)33)29(34,35)36)14-15-37(17-26)24(38)19-6-8-20(9-7-19)25(39)42-2/h3-5,10-13,16,19-20H,6-9,14-15,17H2,1-2H3/t19-,20-,26?. The number of benzene rings is 2. The van der Waals surface area contributed by atoms with Gasteiger partial charge < -0.3 is 9.64 Å². The van der Waals surface area contributed by atoms with Gasteiger partial charge in [0.2, 0.25) is 5.91 Å². The van der Waals surface area contributed by atoms with Crippen molar-refractivity contribution < 1.29 is 53.5 Å². The minimum atomic E-state index is -6.33. The maximum atomic E-state index is 14.7. The molecule has 1 unspecified atom stereocenters. The Morgan fingerprint density at radius 1 is 0.884 bits per heavy atom. The number of amides is 1. The van der Waals surface area contributed by atoms with Crippen LogP contribution in [0.1, 0.15) is 48.8 Å². The molecule has 14 heteroatoms. The number of esters is 1. The van der Waals surface area contributed by atoms with Crippen LogP contribution in [0.5, 0.6) is 0 Å². The zero-order valence-electron chi connectivity index (χ0n) is 23.3. The molecule has 0 bridgehead atoms. The third kappa shape index (κ3) is 5.62. The lowest BCUT2D eigenvalue weighted by Crippen LogP contribution is -2.50. The average molecular weight is 638 g/mol. The summed E-state index contributed by atoms with van der Waals surface area (Å²) in [5.74, 6) is -1.61. The van der Waals surface area contributed by atoms with Gasteiger partial charge in [-0.15, -0.1) is 0 Å². The van der Waals surface area contributed by atoms with Crippen LogP contribution in [-0.2, 0) is 34.6 Å². The molecule has 0 aromatic heterocycles. The van der Waals surface area contributed by atoms with Crippen LogP contribution in [-0.4, -0.2) is 57.7 Å². The molecule has 236 valence electrons. The highest BCUT2D eigenvalue weighted by molar-refractivity contribution is 7.92. The van der Waals surface area contributed by atoms with Crippen LogP contribution in [0.15, 0.2) is 53.4 Å². The van der Waals surface area contributed by atoms with Crippen LogP contribution >= 0.6 is 0 Å². The predicted molar refractivity (Wildman–Crippen MR) is 140 cm³/mol. The second-order valence-electron chi connectivity index (χ2n) is 11.1. The Morgan fingerprint density at radius 3 is 1.95 bits per heavy atom. The highest BCUT2D eigenvalue weighted by atomic mass is 32.2. The summed E-state index contributed by atoms with van der Waals surface area (Å²) in [4.78, 5) is 26.6. The first-order valence-electron chi connectivity index (χ1n) is 13.5. The van der Waals surface area contributed by atoms with Crippen molar-refractivity contribution in [2.24, 2.45) is 11.8 Å². The topological polar surface area (TPSA) is 80.8 Å². The zero-order chi connectivity index (χ0) is 32.0. The van der Waals surface area contributed by atoms with Gasteiger partial charge in [0, 0.05) is 24.6 Å². The van der Waals surface area contributed by atoms with Gasteiger partial charge in [-0.1, -0.05) is 36.4 Å². The zero-order valence-corrected chi connectivity index (χ0v) is 24.1. The van der Waals surface area contributed by atoms with Gasteiger partial charge in [0.1, 0.15) is 4.75 Å². The number of aryl methyl sites for hydroxylation is 1. The Hall–Kier alpha value is -3.16. The van der Waals surface area contributed by atoms with E-state index in [9.17, 15) is 48.7 Å². The fourth-order valence-corrected chi connectivity index (χ4v) is 8.26. The first-order valence-corrected chi connectivity index (χ1v) is 15.0.